The summed E-state index contributed by atoms with van der Waals surface area (Å²) < 4.78 is 15.8. The Labute approximate surface area is 142 Å². The first-order valence-corrected chi connectivity index (χ1v) is 7.83. The summed E-state index contributed by atoms with van der Waals surface area (Å²) in [5, 5.41) is 9.45. The molecule has 1 amide bonds. The van der Waals surface area contributed by atoms with E-state index in [0.29, 0.717) is 0 Å². The van der Waals surface area contributed by atoms with Crippen LogP contribution in [0.5, 0.6) is 0 Å². The Bertz CT molecular complexity index is 803. The minimum absolute atomic E-state index is 0.200. The first-order valence-electron chi connectivity index (χ1n) is 7.83. The summed E-state index contributed by atoms with van der Waals surface area (Å²) in [6.07, 6.45) is -1.71. The zero-order chi connectivity index (χ0) is 17.8. The Morgan fingerprint density at radius 2 is 2.00 bits per heavy atom. The lowest BCUT2D eigenvalue weighted by Crippen LogP contribution is -2.46. The van der Waals surface area contributed by atoms with Crippen LogP contribution in [0.25, 0.3) is 0 Å². The van der Waals surface area contributed by atoms with E-state index >= 15 is 0 Å². The van der Waals surface area contributed by atoms with Gasteiger partial charge in [-0.2, -0.15) is 5.26 Å². The Balaban J connectivity index is 1.46. The number of benzene rings is 1. The molecular weight excluding hydrogens is 328 g/mol. The molecule has 3 heterocycles. The van der Waals surface area contributed by atoms with Crippen molar-refractivity contribution in [1.29, 1.82) is 5.26 Å². The molecule has 8 heteroatoms. The highest BCUT2D eigenvalue weighted by atomic mass is 16.6. The fraction of sp³-hybridized carbons (Fsp3) is 0.412. The highest BCUT2D eigenvalue weighted by molar-refractivity contribution is 5.97. The lowest BCUT2D eigenvalue weighted by atomic mass is 9.86. The number of carbonyl (C=O) groups excluding carboxylic acids is 3. The maximum Gasteiger partial charge on any atom is 0.418 e. The van der Waals surface area contributed by atoms with Crippen LogP contribution >= 0.6 is 0 Å². The third kappa shape index (κ3) is 2.27. The fourth-order valence-electron chi connectivity index (χ4n) is 3.81. The van der Waals surface area contributed by atoms with Gasteiger partial charge in [-0.05, 0) is 12.1 Å². The number of hydrogen-bond donors (Lipinski definition) is 0. The zero-order valence-electron chi connectivity index (χ0n) is 13.2. The predicted octanol–water partition coefficient (Wildman–Crippen LogP) is 1.01. The van der Waals surface area contributed by atoms with Gasteiger partial charge in [-0.25, -0.2) is 9.59 Å². The number of hydrogen-bond acceptors (Lipinski definition) is 7. The van der Waals surface area contributed by atoms with Crippen LogP contribution in [-0.2, 0) is 19.0 Å². The van der Waals surface area contributed by atoms with Crippen LogP contribution in [-0.4, -0.2) is 52.8 Å². The molecule has 128 valence electrons. The molecule has 0 aliphatic carbocycles. The van der Waals surface area contributed by atoms with Crippen LogP contribution in [0.4, 0.5) is 4.79 Å². The second-order valence-corrected chi connectivity index (χ2v) is 6.30. The molecule has 0 aromatic heterocycles. The molecule has 8 nitrogen and oxygen atoms in total. The number of nitrogens with zero attached hydrogens (tertiary/aromatic N) is 2. The number of morpholine rings is 1. The summed E-state index contributed by atoms with van der Waals surface area (Å²) in [4.78, 5) is 36.9. The van der Waals surface area contributed by atoms with Crippen molar-refractivity contribution >= 4 is 18.0 Å². The molecule has 3 fully saturated rings. The largest absolute Gasteiger partial charge is 0.441 e. The van der Waals surface area contributed by atoms with Gasteiger partial charge in [-0.3, -0.25) is 9.69 Å². The van der Waals surface area contributed by atoms with Gasteiger partial charge < -0.3 is 14.2 Å². The zero-order valence-corrected chi connectivity index (χ0v) is 13.2. The molecule has 0 saturated carbocycles. The Morgan fingerprint density at radius 1 is 1.28 bits per heavy atom. The molecule has 5 atom stereocenters. The molecule has 1 aromatic rings. The summed E-state index contributed by atoms with van der Waals surface area (Å²) in [5.41, 5.74) is -1.12. The minimum Gasteiger partial charge on any atom is -0.441 e. The van der Waals surface area contributed by atoms with E-state index in [1.807, 2.05) is 6.07 Å². The third-order valence-electron chi connectivity index (χ3n) is 4.79. The Hall–Kier alpha value is -2.92. The van der Waals surface area contributed by atoms with Crippen molar-refractivity contribution in [3.63, 3.8) is 0 Å². The van der Waals surface area contributed by atoms with E-state index in [4.69, 9.17) is 14.2 Å². The van der Waals surface area contributed by atoms with E-state index in [0.717, 1.165) is 0 Å². The number of esters is 2. The molecule has 0 unspecified atom stereocenters. The number of carbonyl (C=O) groups is 3. The quantitative estimate of drug-likeness (QED) is 0.448. The fourth-order valence-corrected chi connectivity index (χ4v) is 3.81. The molecule has 0 radical (unpaired) electrons. The topological polar surface area (TPSA) is 106 Å². The second kappa shape index (κ2) is 5.29. The summed E-state index contributed by atoms with van der Waals surface area (Å²) >= 11 is 0. The van der Waals surface area contributed by atoms with Gasteiger partial charge in [0.05, 0.1) is 23.8 Å². The van der Waals surface area contributed by atoms with E-state index in [9.17, 15) is 19.6 Å². The number of amides is 1. The number of rotatable bonds is 2. The van der Waals surface area contributed by atoms with Crippen molar-refractivity contribution < 1.29 is 28.6 Å². The molecule has 25 heavy (non-hydrogen) atoms. The van der Waals surface area contributed by atoms with Crippen molar-refractivity contribution in [3.05, 3.63) is 35.9 Å². The minimum atomic E-state index is -1.39. The molecule has 0 N–H and O–H groups in total. The van der Waals surface area contributed by atoms with Crippen LogP contribution in [0.15, 0.2) is 30.3 Å². The Kier molecular flexibility index (Phi) is 3.30. The van der Waals surface area contributed by atoms with Gasteiger partial charge in [-0.15, -0.1) is 0 Å². The normalized spacial score (nSPS) is 34.0. The van der Waals surface area contributed by atoms with Gasteiger partial charge >= 0.3 is 18.0 Å². The molecular formula is C17H14N2O6. The molecule has 3 saturated heterocycles. The summed E-state index contributed by atoms with van der Waals surface area (Å²) in [7, 11) is 0. The third-order valence-corrected chi connectivity index (χ3v) is 4.79. The van der Waals surface area contributed by atoms with Crippen LogP contribution in [0.2, 0.25) is 0 Å². The van der Waals surface area contributed by atoms with Gasteiger partial charge in [0.1, 0.15) is 12.2 Å². The summed E-state index contributed by atoms with van der Waals surface area (Å²) in [5.74, 6) is -1.32. The van der Waals surface area contributed by atoms with Crippen LogP contribution in [0.1, 0.15) is 23.7 Å². The molecule has 0 spiro atoms. The lowest BCUT2D eigenvalue weighted by molar-refractivity contribution is -0.156. The SMILES string of the molecule is CC(=O)O[C@@]1(C#N)C[C@@H]2O[C@H]1[C@@H]1[C@H]2N1C(=O)OC(=O)c1ccccc1. The second-order valence-electron chi connectivity index (χ2n) is 6.30. The van der Waals surface area contributed by atoms with E-state index < -0.39 is 41.9 Å². The van der Waals surface area contributed by atoms with Gasteiger partial charge in [0.25, 0.3) is 0 Å². The first kappa shape index (κ1) is 15.6. The average Bonchev–Trinajstić information content (AvgIpc) is 3.11. The lowest BCUT2D eigenvalue weighted by Gasteiger charge is -2.26. The van der Waals surface area contributed by atoms with Crippen LogP contribution in [0, 0.1) is 11.3 Å². The standard InChI is InChI=1S/C17H14N2O6/c1-9(20)25-17(8-18)7-11-12-13(14(17)23-11)19(12)16(22)24-15(21)10-5-3-2-4-6-10/h2-6,11-14H,7H2,1H3/t11-,12-,13-,14-,17+,19?/m0/s1. The van der Waals surface area contributed by atoms with E-state index in [1.54, 1.807) is 30.3 Å². The Morgan fingerprint density at radius 3 is 2.64 bits per heavy atom. The van der Waals surface area contributed by atoms with Crippen LogP contribution in [0.3, 0.4) is 0 Å². The van der Waals surface area contributed by atoms with Gasteiger partial charge in [-0.1, -0.05) is 18.2 Å². The van der Waals surface area contributed by atoms with E-state index in [-0.39, 0.29) is 18.0 Å². The summed E-state index contributed by atoms with van der Waals surface area (Å²) in [6, 6.07) is 9.52. The number of fused-ring (bicyclic) bond motifs is 5. The number of nitriles is 1. The van der Waals surface area contributed by atoms with Gasteiger partial charge in [0.15, 0.2) is 0 Å². The first-order chi connectivity index (χ1) is 12.0. The van der Waals surface area contributed by atoms with Crippen molar-refractivity contribution in [1.82, 2.24) is 4.90 Å². The maximum absolute atomic E-state index is 12.3. The highest BCUT2D eigenvalue weighted by Gasteiger charge is 2.77. The van der Waals surface area contributed by atoms with Gasteiger partial charge in [0, 0.05) is 13.3 Å². The predicted molar refractivity (Wildman–Crippen MR) is 80.1 cm³/mol. The number of likely N-dealkylation sites (tertiary alicyclic amines) is 1. The molecule has 1 aromatic carbocycles. The highest BCUT2D eigenvalue weighted by Crippen LogP contribution is 2.56. The van der Waals surface area contributed by atoms with Crippen LogP contribution < -0.4 is 0 Å². The number of ether oxygens (including phenoxy) is 3. The van der Waals surface area contributed by atoms with Crippen molar-refractivity contribution in [2.75, 3.05) is 0 Å². The maximum atomic E-state index is 12.3. The monoisotopic (exact) mass is 342 g/mol. The molecule has 3 aliphatic heterocycles. The van der Waals surface area contributed by atoms with Crippen molar-refractivity contribution in [2.24, 2.45) is 0 Å². The van der Waals surface area contributed by atoms with Crippen molar-refractivity contribution in [3.8, 4) is 6.07 Å². The van der Waals surface area contributed by atoms with E-state index in [2.05, 4.69) is 0 Å². The molecule has 2 bridgehead atoms. The van der Waals surface area contributed by atoms with E-state index in [1.165, 1.54) is 11.8 Å². The summed E-state index contributed by atoms with van der Waals surface area (Å²) in [6.45, 7) is 1.22. The van der Waals surface area contributed by atoms with Gasteiger partial charge in [0.2, 0.25) is 5.60 Å². The molecule has 4 rings (SSSR count). The average molecular weight is 342 g/mol. The van der Waals surface area contributed by atoms with Crippen molar-refractivity contribution in [2.45, 2.75) is 43.2 Å². The molecule has 3 aliphatic rings. The smallest absolute Gasteiger partial charge is 0.418 e.